The maximum absolute atomic E-state index is 3.78. The van der Waals surface area contributed by atoms with E-state index in [4.69, 9.17) is 0 Å². The van der Waals surface area contributed by atoms with Crippen LogP contribution >= 0.6 is 0 Å². The Bertz CT molecular complexity index is 196. The van der Waals surface area contributed by atoms with E-state index in [0.717, 1.165) is 17.9 Å². The van der Waals surface area contributed by atoms with E-state index in [-0.39, 0.29) is 0 Å². The van der Waals surface area contributed by atoms with Crippen molar-refractivity contribution in [2.75, 3.05) is 6.54 Å². The highest BCUT2D eigenvalue weighted by Gasteiger charge is 2.33. The van der Waals surface area contributed by atoms with E-state index in [2.05, 4.69) is 39.9 Å². The largest absolute Gasteiger partial charge is 0.313 e. The summed E-state index contributed by atoms with van der Waals surface area (Å²) in [5.41, 5.74) is 0.573. The van der Waals surface area contributed by atoms with E-state index in [0.29, 0.717) is 5.41 Å². The van der Waals surface area contributed by atoms with Crippen molar-refractivity contribution < 1.29 is 0 Å². The molecule has 1 N–H and O–H groups in total. The zero-order chi connectivity index (χ0) is 12.2. The summed E-state index contributed by atoms with van der Waals surface area (Å²) in [7, 11) is 0. The van der Waals surface area contributed by atoms with Gasteiger partial charge in [-0.2, -0.15) is 0 Å². The Balaban J connectivity index is 2.56. The van der Waals surface area contributed by atoms with Crippen molar-refractivity contribution in [3.05, 3.63) is 0 Å². The van der Waals surface area contributed by atoms with Crippen molar-refractivity contribution in [1.82, 2.24) is 5.32 Å². The van der Waals surface area contributed by atoms with Gasteiger partial charge in [0.1, 0.15) is 0 Å². The summed E-state index contributed by atoms with van der Waals surface area (Å²) in [6.07, 6.45) is 6.94. The van der Waals surface area contributed by atoms with Crippen LogP contribution in [0.3, 0.4) is 0 Å². The van der Waals surface area contributed by atoms with Gasteiger partial charge in [0.15, 0.2) is 0 Å². The van der Waals surface area contributed by atoms with Gasteiger partial charge in [-0.05, 0) is 49.5 Å². The van der Waals surface area contributed by atoms with Crippen LogP contribution in [0, 0.1) is 17.3 Å². The van der Waals surface area contributed by atoms with Crippen molar-refractivity contribution in [3.63, 3.8) is 0 Å². The summed E-state index contributed by atoms with van der Waals surface area (Å²) < 4.78 is 0. The molecule has 0 saturated heterocycles. The van der Waals surface area contributed by atoms with Crippen LogP contribution in [0.25, 0.3) is 0 Å². The van der Waals surface area contributed by atoms with Crippen molar-refractivity contribution in [3.8, 4) is 0 Å². The van der Waals surface area contributed by atoms with Crippen LogP contribution in [0.1, 0.15) is 66.7 Å². The number of hydrogen-bond acceptors (Lipinski definition) is 1. The molecule has 0 radical (unpaired) electrons. The van der Waals surface area contributed by atoms with Gasteiger partial charge in [0.05, 0.1) is 0 Å². The third kappa shape index (κ3) is 4.08. The molecule has 0 aromatic carbocycles. The molecule has 1 aliphatic carbocycles. The molecule has 0 heterocycles. The minimum atomic E-state index is 0.573. The molecule has 1 aliphatic rings. The lowest BCUT2D eigenvalue weighted by Gasteiger charge is -2.41. The van der Waals surface area contributed by atoms with Crippen LogP contribution in [0.2, 0.25) is 0 Å². The molecule has 16 heavy (non-hydrogen) atoms. The average Bonchev–Trinajstić information content (AvgIpc) is 2.16. The topological polar surface area (TPSA) is 12.0 Å². The van der Waals surface area contributed by atoms with E-state index in [1.807, 2.05) is 0 Å². The molecular formula is C15H31N. The van der Waals surface area contributed by atoms with Crippen molar-refractivity contribution in [2.45, 2.75) is 72.8 Å². The van der Waals surface area contributed by atoms with Gasteiger partial charge in [0.25, 0.3) is 0 Å². The van der Waals surface area contributed by atoms with Crippen LogP contribution in [0.15, 0.2) is 0 Å². The molecule has 0 amide bonds. The van der Waals surface area contributed by atoms with Crippen molar-refractivity contribution >= 4 is 0 Å². The van der Waals surface area contributed by atoms with Crippen LogP contribution < -0.4 is 5.32 Å². The molecule has 2 unspecified atom stereocenters. The van der Waals surface area contributed by atoms with Gasteiger partial charge in [-0.15, -0.1) is 0 Å². The van der Waals surface area contributed by atoms with Gasteiger partial charge in [-0.1, -0.05) is 41.0 Å². The van der Waals surface area contributed by atoms with E-state index in [9.17, 15) is 0 Å². The fourth-order valence-electron chi connectivity index (χ4n) is 3.32. The third-order valence-corrected chi connectivity index (χ3v) is 4.10. The molecule has 2 atom stereocenters. The Morgan fingerprint density at radius 3 is 2.50 bits per heavy atom. The Kier molecular flexibility index (Phi) is 5.30. The summed E-state index contributed by atoms with van der Waals surface area (Å²) in [5.74, 6) is 1.67. The molecule has 96 valence electrons. The van der Waals surface area contributed by atoms with Gasteiger partial charge in [0.2, 0.25) is 0 Å². The van der Waals surface area contributed by atoms with Crippen molar-refractivity contribution in [1.29, 1.82) is 0 Å². The molecule has 0 aromatic rings. The van der Waals surface area contributed by atoms with Crippen molar-refractivity contribution in [2.24, 2.45) is 17.3 Å². The Labute approximate surface area is 102 Å². The van der Waals surface area contributed by atoms with E-state index in [1.54, 1.807) is 0 Å². The summed E-state index contributed by atoms with van der Waals surface area (Å²) in [6, 6.07) is 0.736. The molecule has 1 fully saturated rings. The summed E-state index contributed by atoms with van der Waals surface area (Å²) in [5, 5.41) is 3.78. The molecule has 0 spiro atoms. The van der Waals surface area contributed by atoms with Gasteiger partial charge in [-0.3, -0.25) is 0 Å². The highest BCUT2D eigenvalue weighted by molar-refractivity contribution is 4.87. The quantitative estimate of drug-likeness (QED) is 0.738. The Morgan fingerprint density at radius 2 is 2.00 bits per heavy atom. The fraction of sp³-hybridized carbons (Fsp3) is 1.00. The van der Waals surface area contributed by atoms with Crippen LogP contribution in [0.4, 0.5) is 0 Å². The molecule has 0 aliphatic heterocycles. The molecule has 1 rings (SSSR count). The Morgan fingerprint density at radius 1 is 1.31 bits per heavy atom. The zero-order valence-corrected chi connectivity index (χ0v) is 12.0. The smallest absolute Gasteiger partial charge is 0.0118 e. The normalized spacial score (nSPS) is 27.0. The van der Waals surface area contributed by atoms with E-state index < -0.39 is 0 Å². The minimum Gasteiger partial charge on any atom is -0.313 e. The molecule has 0 bridgehead atoms. The average molecular weight is 225 g/mol. The molecule has 1 heteroatoms. The minimum absolute atomic E-state index is 0.573. The summed E-state index contributed by atoms with van der Waals surface area (Å²) >= 11 is 0. The molecular weight excluding hydrogens is 194 g/mol. The van der Waals surface area contributed by atoms with E-state index in [1.165, 1.54) is 38.6 Å². The highest BCUT2D eigenvalue weighted by atomic mass is 14.9. The van der Waals surface area contributed by atoms with Crippen LogP contribution in [0.5, 0.6) is 0 Å². The Hall–Kier alpha value is -0.0400. The van der Waals surface area contributed by atoms with Gasteiger partial charge < -0.3 is 5.32 Å². The number of rotatable bonds is 5. The highest BCUT2D eigenvalue weighted by Crippen LogP contribution is 2.41. The van der Waals surface area contributed by atoms with Gasteiger partial charge >= 0.3 is 0 Å². The first kappa shape index (κ1) is 14.0. The van der Waals surface area contributed by atoms with E-state index >= 15 is 0 Å². The number of nitrogens with one attached hydrogen (secondary N) is 1. The lowest BCUT2D eigenvalue weighted by Crippen LogP contribution is -2.43. The monoisotopic (exact) mass is 225 g/mol. The predicted molar refractivity (Wildman–Crippen MR) is 72.7 cm³/mol. The molecule has 1 saturated carbocycles. The van der Waals surface area contributed by atoms with Gasteiger partial charge in [-0.25, -0.2) is 0 Å². The number of hydrogen-bond donors (Lipinski definition) is 1. The molecule has 0 aromatic heterocycles. The summed E-state index contributed by atoms with van der Waals surface area (Å²) in [4.78, 5) is 0. The van der Waals surface area contributed by atoms with Crippen LogP contribution in [-0.2, 0) is 0 Å². The standard InChI is InChI=1S/C15H31N/c1-6-10-16-14(12(2)3)13-8-7-9-15(4,5)11-13/h12-14,16H,6-11H2,1-5H3. The zero-order valence-electron chi connectivity index (χ0n) is 12.0. The van der Waals surface area contributed by atoms with Gasteiger partial charge in [0, 0.05) is 6.04 Å². The second-order valence-electron chi connectivity index (χ2n) is 6.74. The first-order valence-corrected chi connectivity index (χ1v) is 7.19. The fourth-order valence-corrected chi connectivity index (χ4v) is 3.32. The third-order valence-electron chi connectivity index (χ3n) is 4.10. The lowest BCUT2D eigenvalue weighted by molar-refractivity contribution is 0.129. The first-order valence-electron chi connectivity index (χ1n) is 7.19. The first-order chi connectivity index (χ1) is 7.46. The SMILES string of the molecule is CCCNC(C(C)C)C1CCCC(C)(C)C1. The maximum atomic E-state index is 3.78. The van der Waals surface area contributed by atoms with Crippen LogP contribution in [-0.4, -0.2) is 12.6 Å². The maximum Gasteiger partial charge on any atom is 0.0118 e. The lowest BCUT2D eigenvalue weighted by atomic mass is 9.68. The molecule has 1 nitrogen and oxygen atoms in total. The second kappa shape index (κ2) is 6.05. The predicted octanol–water partition coefficient (Wildman–Crippen LogP) is 4.23. The second-order valence-corrected chi connectivity index (χ2v) is 6.74. The summed E-state index contributed by atoms with van der Waals surface area (Å²) in [6.45, 7) is 13.1.